The highest BCUT2D eigenvalue weighted by Gasteiger charge is 2.13. The molecule has 1 amide bonds. The Kier molecular flexibility index (Phi) is 6.02. The van der Waals surface area contributed by atoms with Crippen LogP contribution >= 0.6 is 23.2 Å². The number of nitrogens with one attached hydrogen (secondary N) is 1. The van der Waals surface area contributed by atoms with Crippen molar-refractivity contribution in [1.82, 2.24) is 19.6 Å². The zero-order chi connectivity index (χ0) is 20.9. The van der Waals surface area contributed by atoms with Crippen molar-refractivity contribution in [3.8, 4) is 5.75 Å². The molecule has 2 aromatic heterocycles. The molecule has 30 heavy (non-hydrogen) atoms. The normalized spacial score (nSPS) is 10.7. The minimum absolute atomic E-state index is 0.0947. The van der Waals surface area contributed by atoms with Crippen LogP contribution in [0, 0.1) is 0 Å². The maximum absolute atomic E-state index is 12.7. The lowest BCUT2D eigenvalue weighted by atomic mass is 10.2. The fourth-order valence-electron chi connectivity index (χ4n) is 2.85. The van der Waals surface area contributed by atoms with E-state index in [2.05, 4.69) is 15.5 Å². The van der Waals surface area contributed by atoms with Gasteiger partial charge in [-0.25, -0.2) is 4.68 Å². The molecular formula is C21H17Cl2N5O2. The first-order valence-corrected chi connectivity index (χ1v) is 9.81. The highest BCUT2D eigenvalue weighted by molar-refractivity contribution is 6.30. The molecule has 4 rings (SSSR count). The minimum atomic E-state index is -0.286. The maximum Gasteiger partial charge on any atom is 0.274 e. The molecule has 0 radical (unpaired) electrons. The van der Waals surface area contributed by atoms with Gasteiger partial charge in [-0.2, -0.15) is 10.2 Å². The molecule has 0 spiro atoms. The van der Waals surface area contributed by atoms with Gasteiger partial charge >= 0.3 is 0 Å². The second kappa shape index (κ2) is 9.02. The third-order valence-corrected chi connectivity index (χ3v) is 4.69. The molecule has 0 bridgehead atoms. The Balaban J connectivity index is 1.41. The van der Waals surface area contributed by atoms with Gasteiger partial charge in [0, 0.05) is 23.1 Å². The SMILES string of the molecule is O=C(Nc1cccc(Cn2cc(Cl)cn2)c1)c1ccnn1COc1ccc(Cl)cc1. The highest BCUT2D eigenvalue weighted by Crippen LogP contribution is 2.17. The molecule has 0 atom stereocenters. The van der Waals surface area contributed by atoms with Crippen LogP contribution in [0.25, 0.3) is 0 Å². The van der Waals surface area contributed by atoms with Crippen molar-refractivity contribution in [2.45, 2.75) is 13.3 Å². The average molecular weight is 442 g/mol. The van der Waals surface area contributed by atoms with Gasteiger partial charge in [-0.3, -0.25) is 9.48 Å². The van der Waals surface area contributed by atoms with Crippen molar-refractivity contribution in [3.05, 3.63) is 94.5 Å². The Labute approximate surface area is 182 Å². The molecule has 0 unspecified atom stereocenters. The van der Waals surface area contributed by atoms with Crippen molar-refractivity contribution in [2.24, 2.45) is 0 Å². The Hall–Kier alpha value is -3.29. The predicted octanol–water partition coefficient (Wildman–Crippen LogP) is 4.72. The first-order valence-electron chi connectivity index (χ1n) is 9.05. The molecular weight excluding hydrogens is 425 g/mol. The van der Waals surface area contributed by atoms with E-state index in [0.717, 1.165) is 5.56 Å². The average Bonchev–Trinajstić information content (AvgIpc) is 3.36. The van der Waals surface area contributed by atoms with Crippen molar-refractivity contribution in [3.63, 3.8) is 0 Å². The summed E-state index contributed by atoms with van der Waals surface area (Å²) in [4.78, 5) is 12.7. The Morgan fingerprint density at radius 2 is 1.87 bits per heavy atom. The number of carbonyl (C=O) groups is 1. The summed E-state index contributed by atoms with van der Waals surface area (Å²) in [5.41, 5.74) is 2.03. The molecule has 9 heteroatoms. The largest absolute Gasteiger partial charge is 0.471 e. The highest BCUT2D eigenvalue weighted by atomic mass is 35.5. The maximum atomic E-state index is 12.7. The number of amides is 1. The zero-order valence-electron chi connectivity index (χ0n) is 15.7. The number of anilines is 1. The lowest BCUT2D eigenvalue weighted by molar-refractivity contribution is 0.100. The Bertz CT molecular complexity index is 1150. The van der Waals surface area contributed by atoms with Crippen molar-refractivity contribution < 1.29 is 9.53 Å². The molecule has 0 aliphatic heterocycles. The number of ether oxygens (including phenoxy) is 1. The monoisotopic (exact) mass is 441 g/mol. The number of benzene rings is 2. The third kappa shape index (κ3) is 5.00. The summed E-state index contributed by atoms with van der Waals surface area (Å²) in [7, 11) is 0. The summed E-state index contributed by atoms with van der Waals surface area (Å²) in [5.74, 6) is 0.346. The van der Waals surface area contributed by atoms with E-state index in [4.69, 9.17) is 27.9 Å². The quantitative estimate of drug-likeness (QED) is 0.450. The third-order valence-electron chi connectivity index (χ3n) is 4.25. The molecule has 2 heterocycles. The van der Waals surface area contributed by atoms with Crippen LogP contribution in [0.4, 0.5) is 5.69 Å². The van der Waals surface area contributed by atoms with Crippen molar-refractivity contribution in [2.75, 3.05) is 5.32 Å². The minimum Gasteiger partial charge on any atom is -0.471 e. The number of hydrogen-bond donors (Lipinski definition) is 1. The van der Waals surface area contributed by atoms with Gasteiger partial charge in [0.2, 0.25) is 0 Å². The van der Waals surface area contributed by atoms with E-state index in [9.17, 15) is 4.79 Å². The van der Waals surface area contributed by atoms with Crippen LogP contribution in [0.2, 0.25) is 10.0 Å². The summed E-state index contributed by atoms with van der Waals surface area (Å²) in [6.45, 7) is 0.640. The Morgan fingerprint density at radius 1 is 1.03 bits per heavy atom. The number of carbonyl (C=O) groups excluding carboxylic acids is 1. The van der Waals surface area contributed by atoms with Crippen molar-refractivity contribution in [1.29, 1.82) is 0 Å². The lowest BCUT2D eigenvalue weighted by Crippen LogP contribution is -2.19. The van der Waals surface area contributed by atoms with E-state index in [-0.39, 0.29) is 12.6 Å². The van der Waals surface area contributed by atoms with Crippen LogP contribution in [0.15, 0.2) is 73.2 Å². The summed E-state index contributed by atoms with van der Waals surface area (Å²) < 4.78 is 8.89. The molecule has 0 saturated heterocycles. The molecule has 7 nitrogen and oxygen atoms in total. The predicted molar refractivity (Wildman–Crippen MR) is 115 cm³/mol. The van der Waals surface area contributed by atoms with Gasteiger partial charge in [0.1, 0.15) is 11.4 Å². The van der Waals surface area contributed by atoms with E-state index in [0.29, 0.717) is 33.7 Å². The first-order chi connectivity index (χ1) is 14.6. The van der Waals surface area contributed by atoms with Gasteiger partial charge in [0.15, 0.2) is 6.73 Å². The molecule has 1 N–H and O–H groups in total. The van der Waals surface area contributed by atoms with Crippen LogP contribution in [0.5, 0.6) is 5.75 Å². The fraction of sp³-hybridized carbons (Fsp3) is 0.0952. The van der Waals surface area contributed by atoms with Crippen molar-refractivity contribution >= 4 is 34.8 Å². The van der Waals surface area contributed by atoms with Gasteiger partial charge < -0.3 is 10.1 Å². The Morgan fingerprint density at radius 3 is 2.63 bits per heavy atom. The van der Waals surface area contributed by atoms with E-state index >= 15 is 0 Å². The van der Waals surface area contributed by atoms with E-state index < -0.39 is 0 Å². The zero-order valence-corrected chi connectivity index (χ0v) is 17.2. The number of halogens is 2. The second-order valence-electron chi connectivity index (χ2n) is 6.45. The number of aromatic nitrogens is 4. The van der Waals surface area contributed by atoms with Gasteiger partial charge in [0.25, 0.3) is 5.91 Å². The molecule has 0 aliphatic carbocycles. The number of nitrogens with zero attached hydrogens (tertiary/aromatic N) is 4. The van der Waals surface area contributed by atoms with Gasteiger partial charge in [-0.1, -0.05) is 35.3 Å². The second-order valence-corrected chi connectivity index (χ2v) is 7.33. The number of hydrogen-bond acceptors (Lipinski definition) is 4. The topological polar surface area (TPSA) is 74.0 Å². The molecule has 4 aromatic rings. The molecule has 0 aliphatic rings. The van der Waals surface area contributed by atoms with Crippen LogP contribution in [0.3, 0.4) is 0 Å². The van der Waals surface area contributed by atoms with Crippen LogP contribution in [0.1, 0.15) is 16.1 Å². The standard InChI is InChI=1S/C21H17Cl2N5O2/c22-16-4-6-19(7-5-16)30-14-28-20(8-9-24-28)21(29)26-18-3-1-2-15(10-18)12-27-13-17(23)11-25-27/h1-11,13H,12,14H2,(H,26,29). The van der Waals surface area contributed by atoms with Crippen LogP contribution < -0.4 is 10.1 Å². The van der Waals surface area contributed by atoms with Gasteiger partial charge in [-0.05, 0) is 48.0 Å². The fourth-order valence-corrected chi connectivity index (χ4v) is 3.13. The molecule has 152 valence electrons. The van der Waals surface area contributed by atoms with E-state index in [1.54, 1.807) is 53.6 Å². The summed E-state index contributed by atoms with van der Waals surface area (Å²) in [5, 5.41) is 12.4. The molecule has 0 saturated carbocycles. The first kappa shape index (κ1) is 20.0. The summed E-state index contributed by atoms with van der Waals surface area (Å²) in [6, 6.07) is 16.1. The summed E-state index contributed by atoms with van der Waals surface area (Å²) >= 11 is 11.8. The van der Waals surface area contributed by atoms with Gasteiger partial charge in [-0.15, -0.1) is 0 Å². The molecule has 2 aromatic carbocycles. The number of rotatable bonds is 7. The smallest absolute Gasteiger partial charge is 0.274 e. The lowest BCUT2D eigenvalue weighted by Gasteiger charge is -2.11. The van der Waals surface area contributed by atoms with Crippen LogP contribution in [-0.2, 0) is 13.3 Å². The van der Waals surface area contributed by atoms with E-state index in [1.165, 1.54) is 4.68 Å². The van der Waals surface area contributed by atoms with Crippen LogP contribution in [-0.4, -0.2) is 25.5 Å². The van der Waals surface area contributed by atoms with E-state index in [1.807, 2.05) is 24.3 Å². The summed E-state index contributed by atoms with van der Waals surface area (Å²) in [6.07, 6.45) is 4.88. The molecule has 0 fully saturated rings. The van der Waals surface area contributed by atoms with Gasteiger partial charge in [0.05, 0.1) is 17.8 Å².